The lowest BCUT2D eigenvalue weighted by Crippen LogP contribution is -2.61. The first-order chi connectivity index (χ1) is 37.0. The van der Waals surface area contributed by atoms with E-state index in [1.165, 1.54) is 167 Å². The molecular weight excluding hydrogens is 973 g/mol. The second-order valence-corrected chi connectivity index (χ2v) is 21.9. The second kappa shape index (κ2) is 47.8. The van der Waals surface area contributed by atoms with Crippen LogP contribution in [0.1, 0.15) is 258 Å². The highest BCUT2D eigenvalue weighted by molar-refractivity contribution is 5.70. The minimum atomic E-state index is -1.76. The van der Waals surface area contributed by atoms with Crippen molar-refractivity contribution in [2.45, 2.75) is 325 Å². The first kappa shape index (κ1) is 70.1. The molecule has 2 rings (SSSR count). The van der Waals surface area contributed by atoms with Crippen LogP contribution < -0.4 is 0 Å². The van der Waals surface area contributed by atoms with Gasteiger partial charge in [0.05, 0.1) is 19.8 Å². The third-order valence-corrected chi connectivity index (χ3v) is 14.9. The molecule has 0 amide bonds. The zero-order valence-electron chi connectivity index (χ0n) is 47.8. The van der Waals surface area contributed by atoms with Crippen molar-refractivity contribution in [3.8, 4) is 0 Å². The van der Waals surface area contributed by atoms with Crippen LogP contribution in [-0.4, -0.2) is 142 Å². The van der Waals surface area contributed by atoms with Crippen molar-refractivity contribution in [3.05, 3.63) is 24.3 Å². The Morgan fingerprint density at radius 3 is 1.25 bits per heavy atom. The molecule has 446 valence electrons. The molecule has 7 N–H and O–H groups in total. The van der Waals surface area contributed by atoms with Crippen LogP contribution in [0.25, 0.3) is 0 Å². The summed E-state index contributed by atoms with van der Waals surface area (Å²) < 4.78 is 33.8. The Balaban J connectivity index is 1.72. The quantitative estimate of drug-likeness (QED) is 0.0171. The lowest BCUT2D eigenvalue weighted by molar-refractivity contribution is -0.332. The number of carbonyl (C=O) groups excluding carboxylic acids is 2. The Morgan fingerprint density at radius 1 is 0.421 bits per heavy atom. The van der Waals surface area contributed by atoms with Crippen molar-refractivity contribution in [2.75, 3.05) is 26.4 Å². The summed E-state index contributed by atoms with van der Waals surface area (Å²) in [5.74, 6) is -0.914. The summed E-state index contributed by atoms with van der Waals surface area (Å²) in [5, 5.41) is 72.4. The van der Waals surface area contributed by atoms with E-state index in [4.69, 9.17) is 28.4 Å². The van der Waals surface area contributed by atoms with E-state index >= 15 is 0 Å². The molecule has 0 aliphatic carbocycles. The van der Waals surface area contributed by atoms with Gasteiger partial charge in [-0.15, -0.1) is 0 Å². The standard InChI is InChI=1S/C61H112O15/c1-3-5-7-9-11-13-15-17-19-21-23-24-26-28-30-32-34-36-38-40-42-44-53(64)74-49(46-71-52(63)43-41-39-37-35-33-31-29-27-25-22-20-18-16-14-12-10-8-6-4-2)47-72-60-59(70)57(68)55(66)51(76-60)48-73-61-58(69)56(67)54(65)50(45-62)75-61/h12,14,18,20,49-51,54-62,65-70H,3-11,13,15-17,19,21-48H2,1-2H3/b14-12+,20-18+/t49-,50+,51+,54-,55-,56?,57?,58?,59?,60+,61+/m1/s1. The number of unbranched alkanes of at least 4 members (excludes halogenated alkanes) is 32. The van der Waals surface area contributed by atoms with Crippen LogP contribution >= 0.6 is 0 Å². The molecular formula is C61H112O15. The molecule has 2 heterocycles. The molecule has 0 radical (unpaired) electrons. The van der Waals surface area contributed by atoms with Crippen LogP contribution in [0, 0.1) is 0 Å². The van der Waals surface area contributed by atoms with Crippen LogP contribution in [0.4, 0.5) is 0 Å². The molecule has 0 saturated carbocycles. The maximum atomic E-state index is 13.1. The molecule has 76 heavy (non-hydrogen) atoms. The predicted octanol–water partition coefficient (Wildman–Crippen LogP) is 11.1. The van der Waals surface area contributed by atoms with E-state index in [1.807, 2.05) is 0 Å². The largest absolute Gasteiger partial charge is 0.462 e. The van der Waals surface area contributed by atoms with Gasteiger partial charge in [0, 0.05) is 12.8 Å². The fourth-order valence-corrected chi connectivity index (χ4v) is 9.90. The summed E-state index contributed by atoms with van der Waals surface area (Å²) in [7, 11) is 0. The monoisotopic (exact) mass is 1080 g/mol. The van der Waals surface area contributed by atoms with E-state index in [-0.39, 0.29) is 26.1 Å². The van der Waals surface area contributed by atoms with Gasteiger partial charge in [0.15, 0.2) is 18.7 Å². The number of allylic oxidation sites excluding steroid dienone is 4. The maximum Gasteiger partial charge on any atom is 0.306 e. The zero-order valence-corrected chi connectivity index (χ0v) is 47.8. The number of hydrogen-bond donors (Lipinski definition) is 7. The highest BCUT2D eigenvalue weighted by atomic mass is 16.7. The normalized spacial score (nSPS) is 24.4. The third-order valence-electron chi connectivity index (χ3n) is 14.9. The Hall–Kier alpha value is -2.02. The molecule has 0 aromatic heterocycles. The first-order valence-corrected chi connectivity index (χ1v) is 30.9. The molecule has 0 aromatic rings. The van der Waals surface area contributed by atoms with Crippen LogP contribution in [0.5, 0.6) is 0 Å². The minimum Gasteiger partial charge on any atom is -0.462 e. The van der Waals surface area contributed by atoms with Crippen LogP contribution in [0.2, 0.25) is 0 Å². The van der Waals surface area contributed by atoms with Crippen LogP contribution in [0.3, 0.4) is 0 Å². The van der Waals surface area contributed by atoms with E-state index in [0.29, 0.717) is 12.8 Å². The molecule has 11 atom stereocenters. The number of carbonyl (C=O) groups is 2. The van der Waals surface area contributed by atoms with Gasteiger partial charge in [-0.1, -0.05) is 224 Å². The average Bonchev–Trinajstić information content (AvgIpc) is 3.42. The van der Waals surface area contributed by atoms with Crippen LogP contribution in [0.15, 0.2) is 24.3 Å². The molecule has 2 aliphatic heterocycles. The maximum absolute atomic E-state index is 13.1. The summed E-state index contributed by atoms with van der Waals surface area (Å²) in [6.07, 6.45) is 36.2. The number of ether oxygens (including phenoxy) is 6. The molecule has 4 unspecified atom stereocenters. The Bertz CT molecular complexity index is 1410. The number of hydrogen-bond acceptors (Lipinski definition) is 15. The first-order valence-electron chi connectivity index (χ1n) is 30.9. The van der Waals surface area contributed by atoms with Crippen molar-refractivity contribution >= 4 is 11.9 Å². The Kier molecular flexibility index (Phi) is 44.0. The van der Waals surface area contributed by atoms with Crippen LogP contribution in [-0.2, 0) is 38.0 Å². The van der Waals surface area contributed by atoms with Crippen molar-refractivity contribution in [1.29, 1.82) is 0 Å². The molecule has 15 nitrogen and oxygen atoms in total. The van der Waals surface area contributed by atoms with E-state index < -0.39 is 92.7 Å². The van der Waals surface area contributed by atoms with Gasteiger partial charge in [-0.2, -0.15) is 0 Å². The minimum absolute atomic E-state index is 0.170. The predicted molar refractivity (Wildman–Crippen MR) is 298 cm³/mol. The zero-order chi connectivity index (χ0) is 55.3. The summed E-state index contributed by atoms with van der Waals surface area (Å²) in [6, 6.07) is 0. The molecule has 2 saturated heterocycles. The number of esters is 2. The number of aliphatic hydroxyl groups excluding tert-OH is 7. The van der Waals surface area contributed by atoms with E-state index in [0.717, 1.165) is 51.4 Å². The van der Waals surface area contributed by atoms with Gasteiger partial charge in [0.1, 0.15) is 55.4 Å². The lowest BCUT2D eigenvalue weighted by Gasteiger charge is -2.42. The van der Waals surface area contributed by atoms with E-state index in [2.05, 4.69) is 38.2 Å². The number of aliphatic hydroxyl groups is 7. The fourth-order valence-electron chi connectivity index (χ4n) is 9.90. The van der Waals surface area contributed by atoms with Crippen molar-refractivity contribution in [3.63, 3.8) is 0 Å². The van der Waals surface area contributed by atoms with E-state index in [9.17, 15) is 45.3 Å². The highest BCUT2D eigenvalue weighted by Crippen LogP contribution is 2.27. The Morgan fingerprint density at radius 2 is 0.789 bits per heavy atom. The van der Waals surface area contributed by atoms with Crippen molar-refractivity contribution in [2.24, 2.45) is 0 Å². The van der Waals surface area contributed by atoms with Crippen molar-refractivity contribution < 1.29 is 73.8 Å². The van der Waals surface area contributed by atoms with Gasteiger partial charge in [0.25, 0.3) is 0 Å². The molecule has 0 spiro atoms. The molecule has 0 bridgehead atoms. The molecule has 0 aromatic carbocycles. The van der Waals surface area contributed by atoms with Crippen molar-refractivity contribution in [1.82, 2.24) is 0 Å². The molecule has 15 heteroatoms. The lowest BCUT2D eigenvalue weighted by atomic mass is 9.98. The average molecular weight is 1090 g/mol. The van der Waals surface area contributed by atoms with E-state index in [1.54, 1.807) is 0 Å². The Labute approximate surface area is 460 Å². The third kappa shape index (κ3) is 34.2. The smallest absolute Gasteiger partial charge is 0.306 e. The molecule has 2 aliphatic rings. The summed E-state index contributed by atoms with van der Waals surface area (Å²) in [5.41, 5.74) is 0. The summed E-state index contributed by atoms with van der Waals surface area (Å²) >= 11 is 0. The van der Waals surface area contributed by atoms with Gasteiger partial charge >= 0.3 is 11.9 Å². The highest BCUT2D eigenvalue weighted by Gasteiger charge is 2.47. The SMILES string of the molecule is CCCCC/C=C/C/C=C/CCCCCCCCCCCC(=O)OC[C@H](CO[C@H]1O[C@@H](CO[C@H]2O[C@@H](CO)[C@@H](O)C(O)C2O)[C@@H](O)C(O)C1O)OC(=O)CCCCCCCCCCCCCCCCCCCCCCC. The van der Waals surface area contributed by atoms with Gasteiger partial charge < -0.3 is 64.2 Å². The summed E-state index contributed by atoms with van der Waals surface area (Å²) in [6.45, 7) is 2.62. The summed E-state index contributed by atoms with van der Waals surface area (Å²) in [4.78, 5) is 25.9. The second-order valence-electron chi connectivity index (χ2n) is 21.9. The number of rotatable bonds is 50. The van der Waals surface area contributed by atoms with Gasteiger partial charge in [-0.25, -0.2) is 0 Å². The van der Waals surface area contributed by atoms with Gasteiger partial charge in [0.2, 0.25) is 0 Å². The fraction of sp³-hybridized carbons (Fsp3) is 0.902. The molecule has 2 fully saturated rings. The topological polar surface area (TPSA) is 231 Å². The van der Waals surface area contributed by atoms with Gasteiger partial charge in [-0.05, 0) is 44.9 Å². The van der Waals surface area contributed by atoms with Gasteiger partial charge in [-0.3, -0.25) is 9.59 Å².